The highest BCUT2D eigenvalue weighted by Crippen LogP contribution is 2.53. The number of hydrogen-bond acceptors (Lipinski definition) is 4. The van der Waals surface area contributed by atoms with Gasteiger partial charge in [0.25, 0.3) is 0 Å². The van der Waals surface area contributed by atoms with Crippen molar-refractivity contribution >= 4 is 57.6 Å². The summed E-state index contributed by atoms with van der Waals surface area (Å²) in [6, 6.07) is 11.4. The molecule has 37 heavy (non-hydrogen) atoms. The van der Waals surface area contributed by atoms with Crippen LogP contribution in [0.25, 0.3) is 0 Å². The van der Waals surface area contributed by atoms with Crippen molar-refractivity contribution in [1.29, 1.82) is 0 Å². The molecule has 5 rings (SSSR count). The Bertz CT molecular complexity index is 1140. The molecule has 3 fully saturated rings. The van der Waals surface area contributed by atoms with E-state index < -0.39 is 0 Å². The molecule has 0 N–H and O–H groups in total. The first kappa shape index (κ1) is 27.0. The Morgan fingerprint density at radius 2 is 1.70 bits per heavy atom. The third kappa shape index (κ3) is 5.74. The topological polar surface area (TPSA) is 62.7 Å². The maximum Gasteiger partial charge on any atom is 0.229 e. The van der Waals surface area contributed by atoms with Crippen LogP contribution in [0, 0.1) is 17.3 Å². The van der Waals surface area contributed by atoms with Gasteiger partial charge in [-0.05, 0) is 56.9 Å². The molecule has 6 nitrogen and oxygen atoms in total. The van der Waals surface area contributed by atoms with Gasteiger partial charge in [-0.1, -0.05) is 57.9 Å². The molecule has 1 aromatic carbocycles. The number of carbonyl (C=O) groups is 2. The quantitative estimate of drug-likeness (QED) is 0.289. The highest BCUT2D eigenvalue weighted by atomic mass is 127. The molecule has 0 spiro atoms. The van der Waals surface area contributed by atoms with Crippen molar-refractivity contribution in [2.75, 3.05) is 26.2 Å². The predicted octanol–water partition coefficient (Wildman–Crippen LogP) is 5.85. The zero-order chi connectivity index (χ0) is 26.3. The molecule has 2 amide bonds. The summed E-state index contributed by atoms with van der Waals surface area (Å²) in [5.41, 5.74) is 0.941. The molecule has 2 aromatic rings. The van der Waals surface area contributed by atoms with Gasteiger partial charge >= 0.3 is 0 Å². The van der Waals surface area contributed by atoms with Crippen molar-refractivity contribution in [3.63, 3.8) is 0 Å². The van der Waals surface area contributed by atoms with Gasteiger partial charge in [0.2, 0.25) is 17.7 Å². The van der Waals surface area contributed by atoms with Gasteiger partial charge in [-0.3, -0.25) is 9.59 Å². The predicted molar refractivity (Wildman–Crippen MR) is 153 cm³/mol. The average Bonchev–Trinajstić information content (AvgIpc) is 3.30. The van der Waals surface area contributed by atoms with Crippen LogP contribution in [-0.2, 0) is 9.59 Å². The Labute approximate surface area is 242 Å². The second-order valence-corrected chi connectivity index (χ2v) is 13.2. The van der Waals surface area contributed by atoms with Crippen molar-refractivity contribution in [2.45, 2.75) is 49.1 Å². The number of halogens is 3. The van der Waals surface area contributed by atoms with Crippen molar-refractivity contribution in [1.82, 2.24) is 14.8 Å². The molecule has 198 valence electrons. The number of alkyl halides is 1. The second kappa shape index (κ2) is 10.9. The lowest BCUT2D eigenvalue weighted by Gasteiger charge is -2.34. The van der Waals surface area contributed by atoms with Crippen LogP contribution < -0.4 is 4.74 Å². The Kier molecular flexibility index (Phi) is 7.95. The van der Waals surface area contributed by atoms with E-state index in [0.29, 0.717) is 46.0 Å². The van der Waals surface area contributed by atoms with E-state index in [1.807, 2.05) is 41.0 Å². The number of hydrogen-bond donors (Lipinski definition) is 0. The summed E-state index contributed by atoms with van der Waals surface area (Å²) < 4.78 is 6.64. The number of pyridine rings is 1. The number of nitrogens with zero attached hydrogens (tertiary/aromatic N) is 3. The summed E-state index contributed by atoms with van der Waals surface area (Å²) in [6.07, 6.45) is 3.82. The number of rotatable bonds is 6. The number of piperidine rings is 1. The third-order valence-corrected chi connectivity index (χ3v) is 10.6. The molecule has 5 atom stereocenters. The van der Waals surface area contributed by atoms with Crippen LogP contribution in [0.5, 0.6) is 5.88 Å². The summed E-state index contributed by atoms with van der Waals surface area (Å²) in [5.74, 6) is 1.13. The maximum absolute atomic E-state index is 13.7. The molecular weight excluding hydrogens is 624 g/mol. The van der Waals surface area contributed by atoms with E-state index in [2.05, 4.69) is 34.5 Å². The molecule has 2 saturated heterocycles. The first-order chi connectivity index (χ1) is 17.7. The molecular formula is C28H32Cl2IN3O3. The zero-order valence-corrected chi connectivity index (χ0v) is 24.7. The number of benzene rings is 1. The molecule has 1 aromatic heterocycles. The molecule has 1 aliphatic carbocycles. The standard InChI is InChI=1S/C28H32Cl2IN3O3/c1-17(37-25-8-7-21(30)14-32-25)22-15-34(16-23(22)18-3-5-20(29)6-4-18)26(35)19-9-11-33(12-10-19)27(36)28(2)13-24(28)31/h3-8,14,17,19,22-24H,9-13,15-16H2,1-2H3/t17-,22+,23+,24?,28?/m0/s1. The average molecular weight is 656 g/mol. The second-order valence-electron chi connectivity index (χ2n) is 10.9. The van der Waals surface area contributed by atoms with Crippen LogP contribution in [0.1, 0.15) is 44.6 Å². The summed E-state index contributed by atoms with van der Waals surface area (Å²) in [4.78, 5) is 34.9. The van der Waals surface area contributed by atoms with Gasteiger partial charge in [-0.2, -0.15) is 0 Å². The van der Waals surface area contributed by atoms with E-state index in [0.717, 1.165) is 24.8 Å². The summed E-state index contributed by atoms with van der Waals surface area (Å²) >= 11 is 14.5. The molecule has 3 aliphatic rings. The third-order valence-electron chi connectivity index (χ3n) is 8.34. The van der Waals surface area contributed by atoms with Gasteiger partial charge in [0.15, 0.2) is 0 Å². The molecule has 1 saturated carbocycles. The van der Waals surface area contributed by atoms with Crippen molar-refractivity contribution in [3.05, 3.63) is 58.2 Å². The fourth-order valence-corrected chi connectivity index (χ4v) is 7.16. The Balaban J connectivity index is 1.26. The highest BCUT2D eigenvalue weighted by molar-refractivity contribution is 14.1. The fourth-order valence-electron chi connectivity index (χ4n) is 5.74. The lowest BCUT2D eigenvalue weighted by atomic mass is 9.86. The highest BCUT2D eigenvalue weighted by Gasteiger charge is 2.56. The number of likely N-dealkylation sites (tertiary alicyclic amines) is 2. The minimum Gasteiger partial charge on any atom is -0.474 e. The van der Waals surface area contributed by atoms with Crippen LogP contribution in [0.2, 0.25) is 10.0 Å². The molecule has 2 unspecified atom stereocenters. The van der Waals surface area contributed by atoms with E-state index in [1.165, 1.54) is 0 Å². The van der Waals surface area contributed by atoms with Gasteiger partial charge in [0, 0.05) is 65.1 Å². The van der Waals surface area contributed by atoms with Gasteiger partial charge in [-0.15, -0.1) is 0 Å². The first-order valence-corrected chi connectivity index (χ1v) is 14.9. The van der Waals surface area contributed by atoms with Crippen molar-refractivity contribution < 1.29 is 14.3 Å². The number of amides is 2. The number of aromatic nitrogens is 1. The lowest BCUT2D eigenvalue weighted by Crippen LogP contribution is -2.46. The van der Waals surface area contributed by atoms with E-state index >= 15 is 0 Å². The first-order valence-electron chi connectivity index (χ1n) is 12.9. The fraction of sp³-hybridized carbons (Fsp3) is 0.536. The number of ether oxygens (including phenoxy) is 1. The largest absolute Gasteiger partial charge is 0.474 e. The SMILES string of the molecule is C[C@H](Oc1ccc(Cl)cn1)[C@H]1CN(C(=O)C2CCN(C(=O)C3(C)CC3I)CC2)C[C@@H]1c1ccc(Cl)cc1. The van der Waals surface area contributed by atoms with E-state index in [4.69, 9.17) is 27.9 Å². The van der Waals surface area contributed by atoms with Gasteiger partial charge in [0.1, 0.15) is 6.10 Å². The van der Waals surface area contributed by atoms with Gasteiger partial charge in [-0.25, -0.2) is 4.98 Å². The minimum atomic E-state index is -0.208. The zero-order valence-electron chi connectivity index (χ0n) is 21.1. The smallest absolute Gasteiger partial charge is 0.229 e. The Morgan fingerprint density at radius 1 is 1.05 bits per heavy atom. The van der Waals surface area contributed by atoms with E-state index in [-0.39, 0.29) is 41.1 Å². The molecule has 3 heterocycles. The summed E-state index contributed by atoms with van der Waals surface area (Å²) in [6.45, 7) is 6.69. The van der Waals surface area contributed by atoms with Crippen LogP contribution in [0.4, 0.5) is 0 Å². The molecule has 0 bridgehead atoms. The molecule has 0 radical (unpaired) electrons. The van der Waals surface area contributed by atoms with E-state index in [1.54, 1.807) is 18.3 Å². The Hall–Kier alpha value is -1.58. The monoisotopic (exact) mass is 655 g/mol. The van der Waals surface area contributed by atoms with Gasteiger partial charge in [0.05, 0.1) is 10.4 Å². The molecule has 2 aliphatic heterocycles. The van der Waals surface area contributed by atoms with Crippen LogP contribution >= 0.6 is 45.8 Å². The summed E-state index contributed by atoms with van der Waals surface area (Å²) in [5, 5.41) is 1.25. The molecule has 9 heteroatoms. The van der Waals surface area contributed by atoms with Gasteiger partial charge < -0.3 is 14.5 Å². The number of carbonyl (C=O) groups excluding carboxylic acids is 2. The summed E-state index contributed by atoms with van der Waals surface area (Å²) in [7, 11) is 0. The normalized spacial score (nSPS) is 28.7. The van der Waals surface area contributed by atoms with E-state index in [9.17, 15) is 9.59 Å². The Morgan fingerprint density at radius 3 is 2.30 bits per heavy atom. The minimum absolute atomic E-state index is 0.0507. The van der Waals surface area contributed by atoms with Crippen LogP contribution in [0.15, 0.2) is 42.6 Å². The van der Waals surface area contributed by atoms with Crippen LogP contribution in [0.3, 0.4) is 0 Å². The van der Waals surface area contributed by atoms with Crippen molar-refractivity contribution in [2.24, 2.45) is 17.3 Å². The van der Waals surface area contributed by atoms with Crippen molar-refractivity contribution in [3.8, 4) is 5.88 Å². The lowest BCUT2D eigenvalue weighted by molar-refractivity contribution is -0.142. The van der Waals surface area contributed by atoms with Crippen LogP contribution in [-0.4, -0.2) is 62.8 Å². The maximum atomic E-state index is 13.7.